The first kappa shape index (κ1) is 21.7. The highest BCUT2D eigenvalue weighted by atomic mass is 35.5. The van der Waals surface area contributed by atoms with Crippen LogP contribution in [0.5, 0.6) is 11.5 Å². The SMILES string of the molecule is C=CCc1ccc(OCCn2c(/C=C/c3ccc(Cl)cc3)nc3ccccc32)c(OC)c1. The van der Waals surface area contributed by atoms with Crippen molar-refractivity contribution in [2.24, 2.45) is 0 Å². The van der Waals surface area contributed by atoms with Crippen molar-refractivity contribution in [1.29, 1.82) is 0 Å². The molecular formula is C27H25ClN2O2. The predicted octanol–water partition coefficient (Wildman–Crippen LogP) is 6.68. The molecule has 0 radical (unpaired) electrons. The summed E-state index contributed by atoms with van der Waals surface area (Å²) in [5.41, 5.74) is 4.22. The van der Waals surface area contributed by atoms with Gasteiger partial charge >= 0.3 is 0 Å². The number of allylic oxidation sites excluding steroid dienone is 1. The van der Waals surface area contributed by atoms with Crippen LogP contribution in [0.1, 0.15) is 17.0 Å². The van der Waals surface area contributed by atoms with Gasteiger partial charge in [-0.2, -0.15) is 0 Å². The van der Waals surface area contributed by atoms with Crippen LogP contribution in [-0.4, -0.2) is 23.3 Å². The molecule has 0 N–H and O–H groups in total. The van der Waals surface area contributed by atoms with Crippen LogP contribution in [-0.2, 0) is 13.0 Å². The Balaban J connectivity index is 1.54. The second-order valence-corrected chi connectivity index (χ2v) is 7.76. The largest absolute Gasteiger partial charge is 0.493 e. The van der Waals surface area contributed by atoms with Gasteiger partial charge in [-0.3, -0.25) is 0 Å². The summed E-state index contributed by atoms with van der Waals surface area (Å²) in [5, 5.41) is 0.722. The lowest BCUT2D eigenvalue weighted by molar-refractivity contribution is 0.280. The van der Waals surface area contributed by atoms with E-state index in [-0.39, 0.29) is 0 Å². The van der Waals surface area contributed by atoms with Gasteiger partial charge in [0.1, 0.15) is 12.4 Å². The first-order valence-electron chi connectivity index (χ1n) is 10.5. The van der Waals surface area contributed by atoms with Crippen LogP contribution in [0.15, 0.2) is 79.4 Å². The van der Waals surface area contributed by atoms with E-state index in [1.54, 1.807) is 7.11 Å². The van der Waals surface area contributed by atoms with Crippen LogP contribution in [0.25, 0.3) is 23.2 Å². The highest BCUT2D eigenvalue weighted by molar-refractivity contribution is 6.30. The van der Waals surface area contributed by atoms with E-state index in [9.17, 15) is 0 Å². The third kappa shape index (κ3) is 5.04. The number of hydrogen-bond donors (Lipinski definition) is 0. The van der Waals surface area contributed by atoms with E-state index in [0.717, 1.165) is 50.9 Å². The van der Waals surface area contributed by atoms with Gasteiger partial charge < -0.3 is 14.0 Å². The summed E-state index contributed by atoms with van der Waals surface area (Å²) in [6.07, 6.45) is 6.73. The number of ether oxygens (including phenoxy) is 2. The number of rotatable bonds is 9. The molecule has 0 saturated heterocycles. The molecule has 1 heterocycles. The second-order valence-electron chi connectivity index (χ2n) is 7.32. The fourth-order valence-electron chi connectivity index (χ4n) is 3.57. The maximum Gasteiger partial charge on any atom is 0.161 e. The van der Waals surface area contributed by atoms with Gasteiger partial charge in [-0.1, -0.05) is 54.1 Å². The summed E-state index contributed by atoms with van der Waals surface area (Å²) in [7, 11) is 1.66. The monoisotopic (exact) mass is 444 g/mol. The Morgan fingerprint density at radius 1 is 1.00 bits per heavy atom. The van der Waals surface area contributed by atoms with Crippen LogP contribution < -0.4 is 9.47 Å². The summed E-state index contributed by atoms with van der Waals surface area (Å²) >= 11 is 5.99. The second kappa shape index (κ2) is 10.2. The molecule has 4 rings (SSSR count). The summed E-state index contributed by atoms with van der Waals surface area (Å²) in [6.45, 7) is 4.93. The van der Waals surface area contributed by atoms with E-state index in [4.69, 9.17) is 26.1 Å². The maximum atomic E-state index is 6.08. The average molecular weight is 445 g/mol. The Labute approximate surface area is 193 Å². The number of nitrogens with zero attached hydrogens (tertiary/aromatic N) is 2. The highest BCUT2D eigenvalue weighted by Gasteiger charge is 2.10. The molecule has 0 amide bonds. The lowest BCUT2D eigenvalue weighted by Gasteiger charge is -2.13. The molecule has 0 aliphatic heterocycles. The van der Waals surface area contributed by atoms with E-state index in [1.807, 2.05) is 78.9 Å². The van der Waals surface area contributed by atoms with Gasteiger partial charge in [-0.25, -0.2) is 4.98 Å². The number of methoxy groups -OCH3 is 1. The normalized spacial score (nSPS) is 11.2. The van der Waals surface area contributed by atoms with Crippen molar-refractivity contribution in [3.8, 4) is 11.5 Å². The number of aromatic nitrogens is 2. The van der Waals surface area contributed by atoms with Crippen LogP contribution in [0.2, 0.25) is 5.02 Å². The molecule has 1 aromatic heterocycles. The standard InChI is InChI=1S/C27H25ClN2O2/c1-3-6-21-11-15-25(26(19-21)31-2)32-18-17-30-24-8-5-4-7-23(24)29-27(30)16-12-20-9-13-22(28)14-10-20/h3-5,7-16,19H,1,6,17-18H2,2H3/b16-12+. The molecule has 0 bridgehead atoms. The molecule has 32 heavy (non-hydrogen) atoms. The highest BCUT2D eigenvalue weighted by Crippen LogP contribution is 2.28. The lowest BCUT2D eigenvalue weighted by atomic mass is 10.1. The first-order chi connectivity index (χ1) is 15.7. The minimum absolute atomic E-state index is 0.485. The molecule has 4 aromatic rings. The van der Waals surface area contributed by atoms with Gasteiger partial charge in [-0.15, -0.1) is 6.58 Å². The molecule has 0 aliphatic rings. The van der Waals surface area contributed by atoms with Crippen molar-refractivity contribution in [1.82, 2.24) is 9.55 Å². The maximum absolute atomic E-state index is 6.08. The molecule has 5 heteroatoms. The zero-order valence-electron chi connectivity index (χ0n) is 18.0. The van der Waals surface area contributed by atoms with E-state index >= 15 is 0 Å². The Morgan fingerprint density at radius 2 is 1.81 bits per heavy atom. The minimum Gasteiger partial charge on any atom is -0.493 e. The summed E-state index contributed by atoms with van der Waals surface area (Å²) in [5.74, 6) is 2.32. The molecule has 0 unspecified atom stereocenters. The molecular weight excluding hydrogens is 420 g/mol. The molecule has 0 spiro atoms. The Hall–Kier alpha value is -3.50. The van der Waals surface area contributed by atoms with Crippen LogP contribution in [0, 0.1) is 0 Å². The Bertz CT molecular complexity index is 1240. The van der Waals surface area contributed by atoms with Gasteiger partial charge in [0, 0.05) is 5.02 Å². The van der Waals surface area contributed by atoms with E-state index in [1.165, 1.54) is 0 Å². The van der Waals surface area contributed by atoms with Crippen LogP contribution >= 0.6 is 11.6 Å². The third-order valence-corrected chi connectivity index (χ3v) is 5.41. The number of halogens is 1. The number of benzene rings is 3. The summed E-state index contributed by atoms with van der Waals surface area (Å²) in [4.78, 5) is 4.80. The van der Waals surface area contributed by atoms with Gasteiger partial charge in [0.15, 0.2) is 11.5 Å². The molecule has 0 fully saturated rings. The van der Waals surface area contributed by atoms with E-state index in [0.29, 0.717) is 13.2 Å². The summed E-state index contributed by atoms with van der Waals surface area (Å²) < 4.78 is 13.8. The predicted molar refractivity (Wildman–Crippen MR) is 133 cm³/mol. The zero-order valence-corrected chi connectivity index (χ0v) is 18.8. The van der Waals surface area contributed by atoms with Crippen molar-refractivity contribution in [3.63, 3.8) is 0 Å². The number of para-hydroxylation sites is 2. The molecule has 0 atom stereocenters. The fraction of sp³-hybridized carbons (Fsp3) is 0.148. The van der Waals surface area contributed by atoms with Crippen molar-refractivity contribution >= 4 is 34.8 Å². The molecule has 0 saturated carbocycles. The van der Waals surface area contributed by atoms with Crippen molar-refractivity contribution in [3.05, 3.63) is 101 Å². The lowest BCUT2D eigenvalue weighted by Crippen LogP contribution is -2.10. The third-order valence-electron chi connectivity index (χ3n) is 5.16. The molecule has 3 aromatic carbocycles. The first-order valence-corrected chi connectivity index (χ1v) is 10.9. The van der Waals surface area contributed by atoms with Gasteiger partial charge in [0.25, 0.3) is 0 Å². The Kier molecular flexibility index (Phi) is 6.93. The molecule has 0 aliphatic carbocycles. The Morgan fingerprint density at radius 3 is 2.59 bits per heavy atom. The topological polar surface area (TPSA) is 36.3 Å². The smallest absolute Gasteiger partial charge is 0.161 e. The van der Waals surface area contributed by atoms with Crippen LogP contribution in [0.4, 0.5) is 0 Å². The molecule has 4 nitrogen and oxygen atoms in total. The quantitative estimate of drug-likeness (QED) is 0.270. The number of fused-ring (bicyclic) bond motifs is 1. The summed E-state index contributed by atoms with van der Waals surface area (Å²) in [6, 6.07) is 21.8. The van der Waals surface area contributed by atoms with Gasteiger partial charge in [-0.05, 0) is 60.0 Å². The fourth-order valence-corrected chi connectivity index (χ4v) is 3.70. The molecule has 162 valence electrons. The van der Waals surface area contributed by atoms with E-state index in [2.05, 4.69) is 17.2 Å². The van der Waals surface area contributed by atoms with Gasteiger partial charge in [0.05, 0.1) is 24.7 Å². The minimum atomic E-state index is 0.485. The number of hydrogen-bond acceptors (Lipinski definition) is 3. The van der Waals surface area contributed by atoms with Crippen LogP contribution in [0.3, 0.4) is 0 Å². The van der Waals surface area contributed by atoms with Crippen molar-refractivity contribution in [2.45, 2.75) is 13.0 Å². The van der Waals surface area contributed by atoms with E-state index < -0.39 is 0 Å². The number of imidazole rings is 1. The van der Waals surface area contributed by atoms with Crippen molar-refractivity contribution < 1.29 is 9.47 Å². The van der Waals surface area contributed by atoms with Gasteiger partial charge in [0.2, 0.25) is 0 Å². The van der Waals surface area contributed by atoms with Crippen molar-refractivity contribution in [2.75, 3.05) is 13.7 Å². The average Bonchev–Trinajstić information content (AvgIpc) is 3.17. The zero-order chi connectivity index (χ0) is 22.3.